The van der Waals surface area contributed by atoms with Gasteiger partial charge in [-0.2, -0.15) is 0 Å². The zero-order chi connectivity index (χ0) is 14.8. The molecule has 0 radical (unpaired) electrons. The second-order valence-corrected chi connectivity index (χ2v) is 4.57. The van der Waals surface area contributed by atoms with Gasteiger partial charge in [-0.05, 0) is 24.1 Å². The summed E-state index contributed by atoms with van der Waals surface area (Å²) in [7, 11) is 3.26. The molecule has 0 saturated carbocycles. The smallest absolute Gasteiger partial charge is 0.227 e. The van der Waals surface area contributed by atoms with Gasteiger partial charge in [0, 0.05) is 33.9 Å². The predicted octanol–water partition coefficient (Wildman–Crippen LogP) is 1.45. The van der Waals surface area contributed by atoms with E-state index in [0.717, 1.165) is 12.0 Å². The highest BCUT2D eigenvalue weighted by Crippen LogP contribution is 2.12. The van der Waals surface area contributed by atoms with E-state index in [4.69, 9.17) is 9.47 Å². The van der Waals surface area contributed by atoms with Crippen molar-refractivity contribution >= 4 is 5.91 Å². The minimum absolute atomic E-state index is 0.0313. The Morgan fingerprint density at radius 1 is 1.20 bits per heavy atom. The van der Waals surface area contributed by atoms with Crippen LogP contribution < -0.4 is 0 Å². The molecule has 0 aliphatic rings. The van der Waals surface area contributed by atoms with Crippen molar-refractivity contribution in [2.45, 2.75) is 12.8 Å². The first-order valence-electron chi connectivity index (χ1n) is 6.71. The summed E-state index contributed by atoms with van der Waals surface area (Å²) in [6, 6.07) is 6.78. The molecule has 1 aromatic rings. The SMILES string of the molecule is COCCCN(CCOC)C(=O)Cc1cccc(O)c1. The molecule has 0 aromatic heterocycles. The number of methoxy groups -OCH3 is 2. The summed E-state index contributed by atoms with van der Waals surface area (Å²) in [4.78, 5) is 14.0. The molecule has 5 heteroatoms. The molecule has 0 unspecified atom stereocenters. The Hall–Kier alpha value is -1.59. The van der Waals surface area contributed by atoms with Crippen molar-refractivity contribution in [1.29, 1.82) is 0 Å². The molecule has 1 rings (SSSR count). The van der Waals surface area contributed by atoms with Crippen molar-refractivity contribution in [3.8, 4) is 5.75 Å². The number of hydrogen-bond donors (Lipinski definition) is 1. The number of carbonyl (C=O) groups is 1. The van der Waals surface area contributed by atoms with Crippen LogP contribution in [0, 0.1) is 0 Å². The first kappa shape index (κ1) is 16.5. The molecule has 1 N–H and O–H groups in total. The van der Waals surface area contributed by atoms with Crippen LogP contribution >= 0.6 is 0 Å². The van der Waals surface area contributed by atoms with Crippen LogP contribution in [0.1, 0.15) is 12.0 Å². The van der Waals surface area contributed by atoms with Gasteiger partial charge < -0.3 is 19.5 Å². The molecule has 112 valence electrons. The third-order valence-corrected chi connectivity index (χ3v) is 2.96. The standard InChI is InChI=1S/C15H23NO4/c1-19-9-4-7-16(8-10-20-2)15(18)12-13-5-3-6-14(17)11-13/h3,5-6,11,17H,4,7-10,12H2,1-2H3. The van der Waals surface area contributed by atoms with Crippen LogP contribution in [-0.4, -0.2) is 56.4 Å². The maximum absolute atomic E-state index is 12.3. The van der Waals surface area contributed by atoms with Crippen LogP contribution in [0.25, 0.3) is 0 Å². The number of phenols is 1. The number of carbonyl (C=O) groups excluding carboxylic acids is 1. The minimum atomic E-state index is 0.0313. The summed E-state index contributed by atoms with van der Waals surface area (Å²) in [5, 5.41) is 9.42. The normalized spacial score (nSPS) is 10.5. The summed E-state index contributed by atoms with van der Waals surface area (Å²) < 4.78 is 10.0. The Balaban J connectivity index is 2.56. The van der Waals surface area contributed by atoms with Crippen LogP contribution in [0.15, 0.2) is 24.3 Å². The largest absolute Gasteiger partial charge is 0.508 e. The topological polar surface area (TPSA) is 59.0 Å². The van der Waals surface area contributed by atoms with E-state index in [-0.39, 0.29) is 18.1 Å². The Kier molecular flexibility index (Phi) is 7.69. The number of rotatable bonds is 9. The second kappa shape index (κ2) is 9.34. The van der Waals surface area contributed by atoms with E-state index < -0.39 is 0 Å². The fourth-order valence-electron chi connectivity index (χ4n) is 1.92. The van der Waals surface area contributed by atoms with E-state index in [9.17, 15) is 9.90 Å². The van der Waals surface area contributed by atoms with Gasteiger partial charge in [0.1, 0.15) is 5.75 Å². The molecule has 0 spiro atoms. The number of benzene rings is 1. The van der Waals surface area contributed by atoms with E-state index in [0.29, 0.717) is 26.3 Å². The number of ether oxygens (including phenoxy) is 2. The molecule has 0 aliphatic carbocycles. The van der Waals surface area contributed by atoms with Crippen molar-refractivity contribution in [2.24, 2.45) is 0 Å². The molecule has 5 nitrogen and oxygen atoms in total. The quantitative estimate of drug-likeness (QED) is 0.696. The Labute approximate surface area is 120 Å². The van der Waals surface area contributed by atoms with Gasteiger partial charge in [-0.25, -0.2) is 0 Å². The first-order chi connectivity index (χ1) is 9.67. The summed E-state index contributed by atoms with van der Waals surface area (Å²) in [5.41, 5.74) is 0.809. The first-order valence-corrected chi connectivity index (χ1v) is 6.71. The highest BCUT2D eigenvalue weighted by molar-refractivity contribution is 5.78. The molecular formula is C15H23NO4. The molecule has 0 heterocycles. The van der Waals surface area contributed by atoms with Crippen LogP contribution in [0.2, 0.25) is 0 Å². The zero-order valence-corrected chi connectivity index (χ0v) is 12.2. The van der Waals surface area contributed by atoms with Crippen LogP contribution in [-0.2, 0) is 20.7 Å². The van der Waals surface area contributed by atoms with Gasteiger partial charge in [-0.15, -0.1) is 0 Å². The van der Waals surface area contributed by atoms with Crippen LogP contribution in [0.3, 0.4) is 0 Å². The maximum Gasteiger partial charge on any atom is 0.227 e. The summed E-state index contributed by atoms with van der Waals surface area (Å²) in [6.07, 6.45) is 1.08. The van der Waals surface area contributed by atoms with Crippen LogP contribution in [0.4, 0.5) is 0 Å². The van der Waals surface area contributed by atoms with Gasteiger partial charge in [-0.1, -0.05) is 12.1 Å². The maximum atomic E-state index is 12.3. The van der Waals surface area contributed by atoms with Gasteiger partial charge in [0.2, 0.25) is 5.91 Å². The van der Waals surface area contributed by atoms with Crippen molar-refractivity contribution < 1.29 is 19.4 Å². The molecule has 20 heavy (non-hydrogen) atoms. The lowest BCUT2D eigenvalue weighted by atomic mass is 10.1. The van der Waals surface area contributed by atoms with Gasteiger partial charge in [-0.3, -0.25) is 4.79 Å². The monoisotopic (exact) mass is 281 g/mol. The average Bonchev–Trinajstić information content (AvgIpc) is 2.42. The lowest BCUT2D eigenvalue weighted by molar-refractivity contribution is -0.131. The van der Waals surface area contributed by atoms with Crippen LogP contribution in [0.5, 0.6) is 5.75 Å². The Morgan fingerprint density at radius 3 is 2.60 bits per heavy atom. The van der Waals surface area contributed by atoms with Gasteiger partial charge >= 0.3 is 0 Å². The minimum Gasteiger partial charge on any atom is -0.508 e. The fourth-order valence-corrected chi connectivity index (χ4v) is 1.92. The zero-order valence-electron chi connectivity index (χ0n) is 12.2. The lowest BCUT2D eigenvalue weighted by Gasteiger charge is -2.22. The van der Waals surface area contributed by atoms with Crippen molar-refractivity contribution in [3.63, 3.8) is 0 Å². The summed E-state index contributed by atoms with van der Waals surface area (Å²) >= 11 is 0. The number of amides is 1. The molecule has 0 fully saturated rings. The second-order valence-electron chi connectivity index (χ2n) is 4.57. The van der Waals surface area contributed by atoms with E-state index in [2.05, 4.69) is 0 Å². The highest BCUT2D eigenvalue weighted by Gasteiger charge is 2.13. The Morgan fingerprint density at radius 2 is 1.95 bits per heavy atom. The van der Waals surface area contributed by atoms with E-state index in [1.165, 1.54) is 0 Å². The third-order valence-electron chi connectivity index (χ3n) is 2.96. The number of aromatic hydroxyl groups is 1. The highest BCUT2D eigenvalue weighted by atomic mass is 16.5. The Bertz CT molecular complexity index is 409. The number of phenolic OH excluding ortho intramolecular Hbond substituents is 1. The van der Waals surface area contributed by atoms with Gasteiger partial charge in [0.05, 0.1) is 13.0 Å². The molecule has 0 bridgehead atoms. The summed E-state index contributed by atoms with van der Waals surface area (Å²) in [6.45, 7) is 2.36. The molecular weight excluding hydrogens is 258 g/mol. The van der Waals surface area contributed by atoms with E-state index >= 15 is 0 Å². The molecule has 1 amide bonds. The molecule has 0 atom stereocenters. The van der Waals surface area contributed by atoms with Gasteiger partial charge in [0.15, 0.2) is 0 Å². The summed E-state index contributed by atoms with van der Waals surface area (Å²) in [5.74, 6) is 0.210. The molecule has 1 aromatic carbocycles. The average molecular weight is 281 g/mol. The third kappa shape index (κ3) is 6.04. The van der Waals surface area contributed by atoms with Gasteiger partial charge in [0.25, 0.3) is 0 Å². The van der Waals surface area contributed by atoms with E-state index in [1.807, 2.05) is 6.07 Å². The fraction of sp³-hybridized carbons (Fsp3) is 0.533. The van der Waals surface area contributed by atoms with Crippen molar-refractivity contribution in [2.75, 3.05) is 40.5 Å². The van der Waals surface area contributed by atoms with E-state index in [1.54, 1.807) is 37.3 Å². The van der Waals surface area contributed by atoms with Crippen molar-refractivity contribution in [1.82, 2.24) is 4.90 Å². The lowest BCUT2D eigenvalue weighted by Crippen LogP contribution is -2.36. The van der Waals surface area contributed by atoms with Crippen molar-refractivity contribution in [3.05, 3.63) is 29.8 Å². The number of hydrogen-bond acceptors (Lipinski definition) is 4. The molecule has 0 saturated heterocycles. The molecule has 0 aliphatic heterocycles. The number of nitrogens with zero attached hydrogens (tertiary/aromatic N) is 1. The predicted molar refractivity (Wildman–Crippen MR) is 76.8 cm³/mol.